The molecule has 20 heavy (non-hydrogen) atoms. The highest BCUT2D eigenvalue weighted by molar-refractivity contribution is 5.90. The highest BCUT2D eigenvalue weighted by atomic mass is 19.1. The summed E-state index contributed by atoms with van der Waals surface area (Å²) < 4.78 is 13.0. The topological polar surface area (TPSA) is 78.4 Å². The van der Waals surface area contributed by atoms with Crippen LogP contribution in [0.4, 0.5) is 14.9 Å². The van der Waals surface area contributed by atoms with Crippen molar-refractivity contribution in [3.63, 3.8) is 0 Å². The summed E-state index contributed by atoms with van der Waals surface area (Å²) in [5.74, 6) is -1.35. The van der Waals surface area contributed by atoms with Gasteiger partial charge in [-0.3, -0.25) is 4.79 Å². The third-order valence-corrected chi connectivity index (χ3v) is 2.95. The van der Waals surface area contributed by atoms with Crippen LogP contribution < -0.4 is 10.6 Å². The quantitative estimate of drug-likeness (QED) is 0.777. The average molecular weight is 282 g/mol. The fraction of sp³-hybridized carbons (Fsp3) is 0.429. The van der Waals surface area contributed by atoms with Crippen LogP contribution in [0.2, 0.25) is 0 Å². The zero-order valence-corrected chi connectivity index (χ0v) is 11.7. The Kier molecular flexibility index (Phi) is 5.49. The fourth-order valence-electron chi connectivity index (χ4n) is 1.74. The van der Waals surface area contributed by atoms with E-state index in [0.29, 0.717) is 11.3 Å². The number of amides is 2. The second-order valence-corrected chi connectivity index (χ2v) is 5.01. The Morgan fingerprint density at radius 1 is 1.35 bits per heavy atom. The molecule has 3 N–H and O–H groups in total. The van der Waals surface area contributed by atoms with Gasteiger partial charge in [0.15, 0.2) is 0 Å². The summed E-state index contributed by atoms with van der Waals surface area (Å²) in [5, 5.41) is 14.0. The Bertz CT molecular complexity index is 503. The van der Waals surface area contributed by atoms with Crippen molar-refractivity contribution in [2.75, 3.05) is 5.32 Å². The lowest BCUT2D eigenvalue weighted by atomic mass is 10.0. The van der Waals surface area contributed by atoms with Crippen LogP contribution in [0, 0.1) is 18.7 Å². The minimum atomic E-state index is -0.970. The molecule has 0 aromatic heterocycles. The van der Waals surface area contributed by atoms with Crippen LogP contribution >= 0.6 is 0 Å². The van der Waals surface area contributed by atoms with Crippen LogP contribution in [0.1, 0.15) is 25.8 Å². The molecule has 1 atom stereocenters. The minimum Gasteiger partial charge on any atom is -0.481 e. The Morgan fingerprint density at radius 2 is 2.00 bits per heavy atom. The molecule has 0 aliphatic heterocycles. The van der Waals surface area contributed by atoms with E-state index >= 15 is 0 Å². The first-order valence-corrected chi connectivity index (χ1v) is 6.35. The number of benzene rings is 1. The van der Waals surface area contributed by atoms with Crippen LogP contribution in [-0.2, 0) is 4.79 Å². The standard InChI is InChI=1S/C14H19FN2O3/c1-8(2)12(7-13(18)19)17-14(20)16-11-5-4-10(15)6-9(11)3/h4-6,8,12H,7H2,1-3H3,(H,18,19)(H2,16,17,20). The molecule has 0 heterocycles. The lowest BCUT2D eigenvalue weighted by Gasteiger charge is -2.21. The van der Waals surface area contributed by atoms with Crippen LogP contribution in [0.25, 0.3) is 0 Å². The van der Waals surface area contributed by atoms with Gasteiger partial charge >= 0.3 is 12.0 Å². The zero-order valence-electron chi connectivity index (χ0n) is 11.7. The molecule has 5 nitrogen and oxygen atoms in total. The molecule has 1 aromatic carbocycles. The van der Waals surface area contributed by atoms with E-state index in [1.54, 1.807) is 6.92 Å². The second kappa shape index (κ2) is 6.88. The molecule has 1 aromatic rings. The van der Waals surface area contributed by atoms with Gasteiger partial charge in [-0.25, -0.2) is 9.18 Å². The van der Waals surface area contributed by atoms with E-state index in [1.807, 2.05) is 13.8 Å². The summed E-state index contributed by atoms with van der Waals surface area (Å²) in [6, 6.07) is 3.06. The number of hydrogen-bond acceptors (Lipinski definition) is 2. The van der Waals surface area contributed by atoms with Crippen molar-refractivity contribution < 1.29 is 19.1 Å². The smallest absolute Gasteiger partial charge is 0.319 e. The molecule has 0 bridgehead atoms. The number of hydrogen-bond donors (Lipinski definition) is 3. The molecule has 6 heteroatoms. The van der Waals surface area contributed by atoms with Crippen LogP contribution in [0.3, 0.4) is 0 Å². The number of nitrogens with one attached hydrogen (secondary N) is 2. The molecule has 2 amide bonds. The Labute approximate surface area is 117 Å². The van der Waals surface area contributed by atoms with Crippen molar-refractivity contribution >= 4 is 17.7 Å². The van der Waals surface area contributed by atoms with Crippen molar-refractivity contribution in [2.24, 2.45) is 5.92 Å². The van der Waals surface area contributed by atoms with Crippen LogP contribution in [0.5, 0.6) is 0 Å². The number of rotatable bonds is 5. The van der Waals surface area contributed by atoms with Crippen LogP contribution in [-0.4, -0.2) is 23.1 Å². The van der Waals surface area contributed by atoms with Gasteiger partial charge in [-0.1, -0.05) is 13.8 Å². The van der Waals surface area contributed by atoms with Gasteiger partial charge in [0.05, 0.1) is 6.42 Å². The number of halogens is 1. The summed E-state index contributed by atoms with van der Waals surface area (Å²) in [5.41, 5.74) is 1.08. The number of aliphatic carboxylic acids is 1. The zero-order chi connectivity index (χ0) is 15.3. The predicted octanol–water partition coefficient (Wildman–Crippen LogP) is 2.75. The van der Waals surface area contributed by atoms with Crippen molar-refractivity contribution in [1.29, 1.82) is 0 Å². The second-order valence-electron chi connectivity index (χ2n) is 5.01. The van der Waals surface area contributed by atoms with E-state index < -0.39 is 18.0 Å². The fourth-order valence-corrected chi connectivity index (χ4v) is 1.74. The number of carboxylic acids is 1. The molecule has 1 rings (SSSR count). The first-order valence-electron chi connectivity index (χ1n) is 6.35. The van der Waals surface area contributed by atoms with Crippen molar-refractivity contribution in [3.8, 4) is 0 Å². The summed E-state index contributed by atoms with van der Waals surface area (Å²) in [6.07, 6.45) is -0.145. The van der Waals surface area contributed by atoms with Crippen LogP contribution in [0.15, 0.2) is 18.2 Å². The highest BCUT2D eigenvalue weighted by Crippen LogP contribution is 2.15. The summed E-state index contributed by atoms with van der Waals surface area (Å²) in [7, 11) is 0. The average Bonchev–Trinajstić information content (AvgIpc) is 2.31. The maximum absolute atomic E-state index is 13.0. The number of anilines is 1. The molecular formula is C14H19FN2O3. The number of aryl methyl sites for hydroxylation is 1. The molecule has 0 saturated heterocycles. The Morgan fingerprint density at radius 3 is 2.50 bits per heavy atom. The van der Waals surface area contributed by atoms with E-state index in [4.69, 9.17) is 5.11 Å². The van der Waals surface area contributed by atoms with Gasteiger partial charge < -0.3 is 15.7 Å². The first kappa shape index (κ1) is 15.9. The lowest BCUT2D eigenvalue weighted by molar-refractivity contribution is -0.137. The monoisotopic (exact) mass is 282 g/mol. The van der Waals surface area contributed by atoms with E-state index in [0.717, 1.165) is 0 Å². The third-order valence-electron chi connectivity index (χ3n) is 2.95. The molecule has 0 radical (unpaired) electrons. The first-order chi connectivity index (χ1) is 9.29. The summed E-state index contributed by atoms with van der Waals surface area (Å²) >= 11 is 0. The molecule has 0 saturated carbocycles. The van der Waals surface area contributed by atoms with E-state index in [2.05, 4.69) is 10.6 Å². The number of carbonyl (C=O) groups is 2. The number of carbonyl (C=O) groups excluding carboxylic acids is 1. The summed E-state index contributed by atoms with van der Waals surface area (Å²) in [4.78, 5) is 22.6. The molecule has 0 spiro atoms. The molecule has 1 unspecified atom stereocenters. The van der Waals surface area contributed by atoms with Gasteiger partial charge in [0.2, 0.25) is 0 Å². The maximum Gasteiger partial charge on any atom is 0.319 e. The molecule has 0 aliphatic carbocycles. The molecule has 110 valence electrons. The normalized spacial score (nSPS) is 12.1. The van der Waals surface area contributed by atoms with Gasteiger partial charge in [-0.2, -0.15) is 0 Å². The van der Waals surface area contributed by atoms with E-state index in [-0.39, 0.29) is 18.2 Å². The highest BCUT2D eigenvalue weighted by Gasteiger charge is 2.19. The lowest BCUT2D eigenvalue weighted by Crippen LogP contribution is -2.42. The molecule has 0 fully saturated rings. The van der Waals surface area contributed by atoms with Crippen molar-refractivity contribution in [3.05, 3.63) is 29.6 Å². The Hall–Kier alpha value is -2.11. The van der Waals surface area contributed by atoms with Gasteiger partial charge in [0.25, 0.3) is 0 Å². The Balaban J connectivity index is 2.68. The SMILES string of the molecule is Cc1cc(F)ccc1NC(=O)NC(CC(=O)O)C(C)C. The summed E-state index contributed by atoms with van der Waals surface area (Å²) in [6.45, 7) is 5.34. The predicted molar refractivity (Wildman–Crippen MR) is 74.2 cm³/mol. The number of urea groups is 1. The molecular weight excluding hydrogens is 263 g/mol. The largest absolute Gasteiger partial charge is 0.481 e. The number of carboxylic acid groups (broad SMARTS) is 1. The van der Waals surface area contributed by atoms with Gasteiger partial charge in [-0.05, 0) is 36.6 Å². The van der Waals surface area contributed by atoms with E-state index in [1.165, 1.54) is 18.2 Å². The van der Waals surface area contributed by atoms with E-state index in [9.17, 15) is 14.0 Å². The minimum absolute atomic E-state index is 0.00818. The van der Waals surface area contributed by atoms with Crippen molar-refractivity contribution in [2.45, 2.75) is 33.2 Å². The third kappa shape index (κ3) is 4.87. The van der Waals surface area contributed by atoms with Crippen molar-refractivity contribution in [1.82, 2.24) is 5.32 Å². The van der Waals surface area contributed by atoms with Gasteiger partial charge in [0.1, 0.15) is 5.82 Å². The van der Waals surface area contributed by atoms with Gasteiger partial charge in [0, 0.05) is 11.7 Å². The maximum atomic E-state index is 13.0. The molecule has 0 aliphatic rings. The van der Waals surface area contributed by atoms with Gasteiger partial charge in [-0.15, -0.1) is 0 Å².